The molecule has 7 nitrogen and oxygen atoms in total. The number of carbonyl (C=O) groups is 1. The summed E-state index contributed by atoms with van der Waals surface area (Å²) in [6.45, 7) is 5.99. The van der Waals surface area contributed by atoms with E-state index in [2.05, 4.69) is 65.3 Å². The number of benzene rings is 4. The second-order valence-electron chi connectivity index (χ2n) is 10.6. The smallest absolute Gasteiger partial charge is 0.411 e. The number of anilines is 1. The maximum absolute atomic E-state index is 12.0. The van der Waals surface area contributed by atoms with Gasteiger partial charge in [-0.2, -0.15) is 0 Å². The third-order valence-electron chi connectivity index (χ3n) is 7.34. The standard InChI is InChI=1S/C36H38N2O5/c1-2-21-41-36(40)37-32-19-17-31(18-20-32)35-42-33(22-34(43-35)30-15-13-29(26-39)14-16-30)25-38(23-27-9-5-3-6-10-27)24-28-11-7-4-8-12-28/h2-20,33-35,39H,1,21-26H2,(H,37,40)/t33-,34+,35+/m1/s1. The van der Waals surface area contributed by atoms with Gasteiger partial charge in [-0.25, -0.2) is 4.79 Å². The Balaban J connectivity index is 1.36. The molecule has 0 spiro atoms. The van der Waals surface area contributed by atoms with E-state index in [1.165, 1.54) is 17.2 Å². The van der Waals surface area contributed by atoms with Crippen molar-refractivity contribution in [2.24, 2.45) is 0 Å². The Bertz CT molecular complexity index is 1390. The first-order valence-electron chi connectivity index (χ1n) is 14.5. The van der Waals surface area contributed by atoms with Crippen LogP contribution >= 0.6 is 0 Å². The minimum absolute atomic E-state index is 0.00435. The lowest BCUT2D eigenvalue weighted by molar-refractivity contribution is -0.253. The fourth-order valence-corrected chi connectivity index (χ4v) is 5.20. The number of amides is 1. The summed E-state index contributed by atoms with van der Waals surface area (Å²) in [4.78, 5) is 14.4. The molecule has 7 heteroatoms. The number of hydrogen-bond acceptors (Lipinski definition) is 6. The second-order valence-corrected chi connectivity index (χ2v) is 10.6. The first-order chi connectivity index (χ1) is 21.1. The third kappa shape index (κ3) is 8.86. The van der Waals surface area contributed by atoms with Crippen molar-refractivity contribution >= 4 is 11.8 Å². The summed E-state index contributed by atoms with van der Waals surface area (Å²) in [5.41, 5.74) is 5.84. The molecule has 0 bridgehead atoms. The molecule has 2 N–H and O–H groups in total. The van der Waals surface area contributed by atoms with Gasteiger partial charge in [-0.3, -0.25) is 10.2 Å². The van der Waals surface area contributed by atoms with Crippen molar-refractivity contribution in [1.82, 2.24) is 4.90 Å². The Morgan fingerprint density at radius 1 is 0.837 bits per heavy atom. The Labute approximate surface area is 253 Å². The number of nitrogens with one attached hydrogen (secondary N) is 1. The van der Waals surface area contributed by atoms with E-state index in [-0.39, 0.29) is 25.4 Å². The quantitative estimate of drug-likeness (QED) is 0.174. The highest BCUT2D eigenvalue weighted by molar-refractivity contribution is 5.84. The number of carbonyl (C=O) groups excluding carboxylic acids is 1. The third-order valence-corrected chi connectivity index (χ3v) is 7.34. The lowest BCUT2D eigenvalue weighted by atomic mass is 9.99. The minimum Gasteiger partial charge on any atom is -0.445 e. The van der Waals surface area contributed by atoms with Crippen LogP contribution in [0.3, 0.4) is 0 Å². The molecule has 4 aromatic carbocycles. The van der Waals surface area contributed by atoms with Gasteiger partial charge < -0.3 is 19.3 Å². The molecule has 3 atom stereocenters. The fraction of sp³-hybridized carbons (Fsp3) is 0.250. The number of aliphatic hydroxyl groups is 1. The molecule has 4 aromatic rings. The summed E-state index contributed by atoms with van der Waals surface area (Å²) in [5.74, 6) is 0. The van der Waals surface area contributed by atoms with Crippen molar-refractivity contribution in [3.8, 4) is 0 Å². The Hall–Kier alpha value is -4.27. The molecule has 1 amide bonds. The van der Waals surface area contributed by atoms with E-state index in [4.69, 9.17) is 14.2 Å². The van der Waals surface area contributed by atoms with Gasteiger partial charge in [-0.15, -0.1) is 0 Å². The van der Waals surface area contributed by atoms with Crippen LogP contribution in [0.2, 0.25) is 0 Å². The molecule has 5 rings (SSSR count). The van der Waals surface area contributed by atoms with Crippen LogP contribution in [0.1, 0.15) is 46.6 Å². The van der Waals surface area contributed by atoms with Gasteiger partial charge >= 0.3 is 6.09 Å². The molecule has 1 heterocycles. The molecule has 1 aliphatic heterocycles. The second kappa shape index (κ2) is 15.3. The Kier molecular flexibility index (Phi) is 10.7. The molecule has 1 fully saturated rings. The Morgan fingerprint density at radius 2 is 1.44 bits per heavy atom. The van der Waals surface area contributed by atoms with E-state index in [0.29, 0.717) is 18.7 Å². The van der Waals surface area contributed by atoms with Crippen LogP contribution in [0.5, 0.6) is 0 Å². The number of aliphatic hydroxyl groups excluding tert-OH is 1. The molecule has 43 heavy (non-hydrogen) atoms. The summed E-state index contributed by atoms with van der Waals surface area (Å²) in [6.07, 6.45) is 0.758. The van der Waals surface area contributed by atoms with Crippen LogP contribution in [0, 0.1) is 0 Å². The first kappa shape index (κ1) is 30.2. The zero-order chi connectivity index (χ0) is 29.9. The molecular weight excluding hydrogens is 540 g/mol. The van der Waals surface area contributed by atoms with Gasteiger partial charge in [0.2, 0.25) is 0 Å². The van der Waals surface area contributed by atoms with Crippen LogP contribution in [-0.2, 0) is 33.9 Å². The van der Waals surface area contributed by atoms with Crippen LogP contribution in [0.25, 0.3) is 0 Å². The van der Waals surface area contributed by atoms with E-state index in [1.807, 2.05) is 60.7 Å². The van der Waals surface area contributed by atoms with Crippen molar-refractivity contribution in [2.75, 3.05) is 18.5 Å². The lowest BCUT2D eigenvalue weighted by Gasteiger charge is -2.38. The largest absolute Gasteiger partial charge is 0.445 e. The average Bonchev–Trinajstić information content (AvgIpc) is 3.05. The molecule has 0 saturated carbocycles. The van der Waals surface area contributed by atoms with Crippen molar-refractivity contribution in [3.05, 3.63) is 150 Å². The van der Waals surface area contributed by atoms with Crippen molar-refractivity contribution in [3.63, 3.8) is 0 Å². The topological polar surface area (TPSA) is 80.3 Å². The first-order valence-corrected chi connectivity index (χ1v) is 14.5. The highest BCUT2D eigenvalue weighted by Gasteiger charge is 2.33. The predicted molar refractivity (Wildman–Crippen MR) is 167 cm³/mol. The van der Waals surface area contributed by atoms with Gasteiger partial charge in [-0.1, -0.05) is 110 Å². The lowest BCUT2D eigenvalue weighted by Crippen LogP contribution is -2.39. The summed E-state index contributed by atoms with van der Waals surface area (Å²) < 4.78 is 18.2. The summed E-state index contributed by atoms with van der Waals surface area (Å²) in [5, 5.41) is 12.3. The number of hydrogen-bond donors (Lipinski definition) is 2. The predicted octanol–water partition coefficient (Wildman–Crippen LogP) is 7.16. The van der Waals surface area contributed by atoms with E-state index >= 15 is 0 Å². The van der Waals surface area contributed by atoms with Crippen LogP contribution in [0.4, 0.5) is 10.5 Å². The summed E-state index contributed by atoms with van der Waals surface area (Å²) in [6, 6.07) is 36.3. The van der Waals surface area contributed by atoms with Gasteiger partial charge in [0.05, 0.1) is 18.8 Å². The van der Waals surface area contributed by atoms with Crippen molar-refractivity contribution < 1.29 is 24.1 Å². The van der Waals surface area contributed by atoms with Gasteiger partial charge in [-0.05, 0) is 34.4 Å². The maximum Gasteiger partial charge on any atom is 0.411 e. The molecule has 222 valence electrons. The molecule has 0 unspecified atom stereocenters. The van der Waals surface area contributed by atoms with Crippen molar-refractivity contribution in [2.45, 2.75) is 44.6 Å². The van der Waals surface area contributed by atoms with Gasteiger partial charge in [0.25, 0.3) is 0 Å². The normalized spacial score (nSPS) is 18.2. The highest BCUT2D eigenvalue weighted by Crippen LogP contribution is 2.38. The zero-order valence-corrected chi connectivity index (χ0v) is 24.2. The molecule has 0 aromatic heterocycles. The minimum atomic E-state index is -0.599. The maximum atomic E-state index is 12.0. The van der Waals surface area contributed by atoms with Gasteiger partial charge in [0.1, 0.15) is 6.61 Å². The number of nitrogens with zero attached hydrogens (tertiary/aromatic N) is 1. The molecule has 0 aliphatic carbocycles. The van der Waals surface area contributed by atoms with Crippen LogP contribution in [-0.4, -0.2) is 35.4 Å². The monoisotopic (exact) mass is 578 g/mol. The van der Waals surface area contributed by atoms with E-state index in [9.17, 15) is 9.90 Å². The number of ether oxygens (including phenoxy) is 3. The molecule has 0 radical (unpaired) electrons. The van der Waals surface area contributed by atoms with E-state index in [0.717, 1.165) is 29.8 Å². The zero-order valence-electron chi connectivity index (χ0n) is 24.2. The number of rotatable bonds is 12. The molecule has 1 aliphatic rings. The van der Waals surface area contributed by atoms with E-state index < -0.39 is 12.4 Å². The summed E-state index contributed by atoms with van der Waals surface area (Å²) >= 11 is 0. The van der Waals surface area contributed by atoms with E-state index in [1.54, 1.807) is 0 Å². The molecular formula is C36H38N2O5. The average molecular weight is 579 g/mol. The SMILES string of the molecule is C=CCOC(=O)Nc1ccc([C@H]2O[C@@H](CN(Cc3ccccc3)Cc3ccccc3)C[C@@H](c3ccc(CO)cc3)O2)cc1. The van der Waals surface area contributed by atoms with Crippen LogP contribution < -0.4 is 5.32 Å². The van der Waals surface area contributed by atoms with Gasteiger partial charge in [0, 0.05) is 37.3 Å². The van der Waals surface area contributed by atoms with Crippen molar-refractivity contribution in [1.29, 1.82) is 0 Å². The fourth-order valence-electron chi connectivity index (χ4n) is 5.20. The van der Waals surface area contributed by atoms with Gasteiger partial charge in [0.15, 0.2) is 6.29 Å². The molecule has 1 saturated heterocycles. The van der Waals surface area contributed by atoms with Crippen LogP contribution in [0.15, 0.2) is 122 Å². The Morgan fingerprint density at radius 3 is 2.02 bits per heavy atom. The highest BCUT2D eigenvalue weighted by atomic mass is 16.7. The summed E-state index contributed by atoms with van der Waals surface area (Å²) in [7, 11) is 0.